The number of aliphatic carboxylic acids is 1. The van der Waals surface area contributed by atoms with Crippen LogP contribution < -0.4 is 5.32 Å². The van der Waals surface area contributed by atoms with Gasteiger partial charge in [0.05, 0.1) is 6.10 Å². The number of ether oxygens (including phenoxy) is 2. The summed E-state index contributed by atoms with van der Waals surface area (Å²) in [5.41, 5.74) is 1.13. The lowest BCUT2D eigenvalue weighted by Gasteiger charge is -2.27. The van der Waals surface area contributed by atoms with Gasteiger partial charge in [0.15, 0.2) is 23.5 Å². The summed E-state index contributed by atoms with van der Waals surface area (Å²) in [6, 6.07) is 9.82. The number of phenolic OH excluding ortho intramolecular Hbond substituents is 1. The van der Waals surface area contributed by atoms with E-state index in [1.54, 1.807) is 31.2 Å². The zero-order chi connectivity index (χ0) is 24.4. The van der Waals surface area contributed by atoms with Gasteiger partial charge in [0.1, 0.15) is 0 Å². The summed E-state index contributed by atoms with van der Waals surface area (Å²) in [5.74, 6) is -2.64. The van der Waals surface area contributed by atoms with Gasteiger partial charge in [-0.15, -0.1) is 0 Å². The Labute approximate surface area is 190 Å². The number of phenols is 1. The van der Waals surface area contributed by atoms with Crippen LogP contribution in [0.2, 0.25) is 0 Å². The highest BCUT2D eigenvalue weighted by atomic mass is 19.1. The van der Waals surface area contributed by atoms with Crippen molar-refractivity contribution in [3.8, 4) is 5.75 Å². The summed E-state index contributed by atoms with van der Waals surface area (Å²) >= 11 is 0. The summed E-state index contributed by atoms with van der Waals surface area (Å²) in [4.78, 5) is 34.7. The van der Waals surface area contributed by atoms with E-state index in [0.29, 0.717) is 17.7 Å². The molecule has 0 radical (unpaired) electrons. The monoisotopic (exact) mass is 459 g/mol. The highest BCUT2D eigenvalue weighted by Crippen LogP contribution is 2.30. The topological polar surface area (TPSA) is 122 Å². The number of carbonyl (C=O) groups excluding carboxylic acids is 2. The van der Waals surface area contributed by atoms with Gasteiger partial charge in [-0.25, -0.2) is 14.0 Å². The second-order valence-electron chi connectivity index (χ2n) is 7.11. The van der Waals surface area contributed by atoms with Crippen LogP contribution in [0.5, 0.6) is 5.75 Å². The molecule has 0 fully saturated rings. The summed E-state index contributed by atoms with van der Waals surface area (Å²) in [7, 11) is 0. The summed E-state index contributed by atoms with van der Waals surface area (Å²) < 4.78 is 25.3. The van der Waals surface area contributed by atoms with Crippen LogP contribution in [0.3, 0.4) is 0 Å². The molecule has 0 aliphatic heterocycles. The minimum absolute atomic E-state index is 0.116. The molecule has 0 heterocycles. The molecule has 0 unspecified atom stereocenters. The number of rotatable bonds is 11. The van der Waals surface area contributed by atoms with Gasteiger partial charge < -0.3 is 19.7 Å². The number of carboxylic acids is 1. The van der Waals surface area contributed by atoms with Gasteiger partial charge in [-0.1, -0.05) is 12.1 Å². The number of carboxylic acid groups (broad SMARTS) is 1. The SMILES string of the molecule is CCO[C@@H](CC/C=C/C(=O)O)[C@@H](OC(=O)Nc1ccc(C(C)=O)cc1)c1ccc(O)c(F)c1. The number of anilines is 1. The Kier molecular flexibility index (Phi) is 9.56. The minimum Gasteiger partial charge on any atom is -0.505 e. The Balaban J connectivity index is 2.24. The Morgan fingerprint density at radius 2 is 1.85 bits per heavy atom. The van der Waals surface area contributed by atoms with E-state index in [-0.39, 0.29) is 24.4 Å². The second kappa shape index (κ2) is 12.4. The molecule has 9 heteroatoms. The normalized spacial score (nSPS) is 12.8. The van der Waals surface area contributed by atoms with Crippen LogP contribution in [0.4, 0.5) is 14.9 Å². The van der Waals surface area contributed by atoms with E-state index in [1.807, 2.05) is 0 Å². The Bertz CT molecular complexity index is 1000. The standard InChI is InChI=1S/C24H26FNO7/c1-3-32-21(6-4-5-7-22(29)30)23(17-10-13-20(28)19(25)14-17)33-24(31)26-18-11-8-16(9-12-18)15(2)27/h5,7-14,21,23,28H,3-4,6H2,1-2H3,(H,26,31)(H,29,30)/b7-5+/t21-,23-/m0/s1. The Morgan fingerprint density at radius 1 is 1.15 bits per heavy atom. The van der Waals surface area contributed by atoms with Gasteiger partial charge >= 0.3 is 12.1 Å². The van der Waals surface area contributed by atoms with Crippen LogP contribution in [0.1, 0.15) is 48.7 Å². The quantitative estimate of drug-likeness (QED) is 0.324. The van der Waals surface area contributed by atoms with E-state index < -0.39 is 35.8 Å². The van der Waals surface area contributed by atoms with Gasteiger partial charge in [0, 0.05) is 23.9 Å². The summed E-state index contributed by atoms with van der Waals surface area (Å²) in [6.07, 6.45) is 0.431. The van der Waals surface area contributed by atoms with Crippen molar-refractivity contribution in [3.05, 3.63) is 71.6 Å². The minimum atomic E-state index is -1.09. The predicted octanol–water partition coefficient (Wildman–Crippen LogP) is 4.85. The predicted molar refractivity (Wildman–Crippen MR) is 119 cm³/mol. The number of hydrogen-bond donors (Lipinski definition) is 3. The number of aromatic hydroxyl groups is 1. The molecule has 0 aliphatic rings. The molecule has 2 aromatic carbocycles. The van der Waals surface area contributed by atoms with E-state index in [1.165, 1.54) is 19.1 Å². The molecule has 0 saturated heterocycles. The number of halogens is 1. The second-order valence-corrected chi connectivity index (χ2v) is 7.11. The Hall–Kier alpha value is -3.72. The molecule has 3 N–H and O–H groups in total. The number of benzene rings is 2. The molecule has 0 aliphatic carbocycles. The highest BCUT2D eigenvalue weighted by molar-refractivity contribution is 5.95. The molecule has 1 amide bonds. The number of allylic oxidation sites excluding steroid dienone is 1. The first kappa shape index (κ1) is 25.5. The molecule has 2 aromatic rings. The first-order chi connectivity index (χ1) is 15.7. The third kappa shape index (κ3) is 8.04. The molecular formula is C24H26FNO7. The van der Waals surface area contributed by atoms with Crippen molar-refractivity contribution in [3.63, 3.8) is 0 Å². The lowest BCUT2D eigenvalue weighted by molar-refractivity contribution is -0.131. The molecule has 8 nitrogen and oxygen atoms in total. The lowest BCUT2D eigenvalue weighted by atomic mass is 9.99. The fourth-order valence-electron chi connectivity index (χ4n) is 3.09. The van der Waals surface area contributed by atoms with E-state index in [2.05, 4.69) is 5.32 Å². The van der Waals surface area contributed by atoms with Gasteiger partial charge in [0.25, 0.3) is 0 Å². The molecule has 33 heavy (non-hydrogen) atoms. The van der Waals surface area contributed by atoms with Crippen LogP contribution >= 0.6 is 0 Å². The van der Waals surface area contributed by atoms with Crippen molar-refractivity contribution in [2.75, 3.05) is 11.9 Å². The zero-order valence-electron chi connectivity index (χ0n) is 18.3. The third-order valence-corrected chi connectivity index (χ3v) is 4.67. The number of amides is 1. The number of hydrogen-bond acceptors (Lipinski definition) is 6. The maximum Gasteiger partial charge on any atom is 0.412 e. The fourth-order valence-corrected chi connectivity index (χ4v) is 3.09. The van der Waals surface area contributed by atoms with E-state index in [4.69, 9.17) is 14.6 Å². The molecule has 0 aromatic heterocycles. The lowest BCUT2D eigenvalue weighted by Crippen LogP contribution is -2.29. The van der Waals surface area contributed by atoms with Crippen LogP contribution in [0.15, 0.2) is 54.6 Å². The van der Waals surface area contributed by atoms with Crippen LogP contribution in [0, 0.1) is 5.82 Å². The zero-order valence-corrected chi connectivity index (χ0v) is 18.3. The summed E-state index contributed by atoms with van der Waals surface area (Å²) in [5, 5.41) is 20.8. The van der Waals surface area contributed by atoms with Gasteiger partial charge in [-0.3, -0.25) is 10.1 Å². The van der Waals surface area contributed by atoms with Crippen molar-refractivity contribution in [2.45, 2.75) is 38.9 Å². The first-order valence-corrected chi connectivity index (χ1v) is 10.3. The van der Waals surface area contributed by atoms with Crippen LogP contribution in [-0.2, 0) is 14.3 Å². The maximum atomic E-state index is 14.0. The molecule has 0 saturated carbocycles. The van der Waals surface area contributed by atoms with Gasteiger partial charge in [0.2, 0.25) is 0 Å². The average Bonchev–Trinajstić information content (AvgIpc) is 2.76. The molecule has 2 atom stereocenters. The number of ketones is 1. The first-order valence-electron chi connectivity index (χ1n) is 10.3. The molecule has 0 spiro atoms. The number of nitrogens with one attached hydrogen (secondary N) is 1. The van der Waals surface area contributed by atoms with Crippen molar-refractivity contribution in [2.24, 2.45) is 0 Å². The number of Topliss-reactive ketones (excluding diaryl/α,β-unsaturated/α-hetero) is 1. The molecule has 176 valence electrons. The number of carbonyl (C=O) groups is 3. The third-order valence-electron chi connectivity index (χ3n) is 4.67. The highest BCUT2D eigenvalue weighted by Gasteiger charge is 2.28. The van der Waals surface area contributed by atoms with Crippen molar-refractivity contribution in [1.82, 2.24) is 0 Å². The van der Waals surface area contributed by atoms with E-state index in [0.717, 1.165) is 18.2 Å². The maximum absolute atomic E-state index is 14.0. The average molecular weight is 459 g/mol. The van der Waals surface area contributed by atoms with Crippen molar-refractivity contribution in [1.29, 1.82) is 0 Å². The van der Waals surface area contributed by atoms with Crippen molar-refractivity contribution < 1.29 is 38.5 Å². The van der Waals surface area contributed by atoms with Gasteiger partial charge in [-0.2, -0.15) is 0 Å². The summed E-state index contributed by atoms with van der Waals surface area (Å²) in [6.45, 7) is 3.44. The fraction of sp³-hybridized carbons (Fsp3) is 0.292. The van der Waals surface area contributed by atoms with E-state index in [9.17, 15) is 23.9 Å². The van der Waals surface area contributed by atoms with Crippen LogP contribution in [-0.4, -0.2) is 40.8 Å². The molecule has 2 rings (SSSR count). The van der Waals surface area contributed by atoms with Crippen molar-refractivity contribution >= 4 is 23.5 Å². The molecular weight excluding hydrogens is 433 g/mol. The van der Waals surface area contributed by atoms with E-state index >= 15 is 0 Å². The largest absolute Gasteiger partial charge is 0.505 e. The Morgan fingerprint density at radius 3 is 2.42 bits per heavy atom. The van der Waals surface area contributed by atoms with Gasteiger partial charge in [-0.05, 0) is 68.7 Å². The van der Waals surface area contributed by atoms with Crippen LogP contribution in [0.25, 0.3) is 0 Å². The smallest absolute Gasteiger partial charge is 0.412 e. The molecule has 0 bridgehead atoms.